The van der Waals surface area contributed by atoms with Gasteiger partial charge in [-0.15, -0.1) is 0 Å². The number of aryl methyl sites for hydroxylation is 2. The van der Waals surface area contributed by atoms with E-state index < -0.39 is 5.97 Å². The summed E-state index contributed by atoms with van der Waals surface area (Å²) in [5, 5.41) is 8.83. The Bertz CT molecular complexity index is 509. The molecule has 0 spiro atoms. The molecule has 0 aliphatic rings. The SMILES string of the molecule is O=C(O)c1cc(CCc2ccccc2)ccn1. The number of aromatic carboxylic acids is 1. The van der Waals surface area contributed by atoms with Crippen molar-refractivity contribution in [1.82, 2.24) is 4.98 Å². The van der Waals surface area contributed by atoms with E-state index in [0.717, 1.165) is 18.4 Å². The predicted molar refractivity (Wildman–Crippen MR) is 65.0 cm³/mol. The van der Waals surface area contributed by atoms with E-state index >= 15 is 0 Å². The third-order valence-electron chi connectivity index (χ3n) is 2.59. The van der Waals surface area contributed by atoms with Crippen molar-refractivity contribution in [1.29, 1.82) is 0 Å². The zero-order valence-corrected chi connectivity index (χ0v) is 9.34. The van der Waals surface area contributed by atoms with Crippen LogP contribution in [0.15, 0.2) is 48.7 Å². The Morgan fingerprint density at radius 2 is 1.76 bits per heavy atom. The van der Waals surface area contributed by atoms with Gasteiger partial charge in [0, 0.05) is 6.20 Å². The van der Waals surface area contributed by atoms with Crippen LogP contribution in [0.4, 0.5) is 0 Å². The molecule has 0 amide bonds. The van der Waals surface area contributed by atoms with Crippen LogP contribution < -0.4 is 0 Å². The highest BCUT2D eigenvalue weighted by Gasteiger charge is 2.04. The maximum absolute atomic E-state index is 10.8. The molecule has 0 aliphatic carbocycles. The van der Waals surface area contributed by atoms with E-state index in [2.05, 4.69) is 17.1 Å². The van der Waals surface area contributed by atoms with E-state index in [0.29, 0.717) is 0 Å². The maximum atomic E-state index is 10.8. The van der Waals surface area contributed by atoms with E-state index in [1.807, 2.05) is 24.3 Å². The lowest BCUT2D eigenvalue weighted by Crippen LogP contribution is -2.01. The minimum Gasteiger partial charge on any atom is -0.477 e. The number of carbonyl (C=O) groups is 1. The highest BCUT2D eigenvalue weighted by atomic mass is 16.4. The van der Waals surface area contributed by atoms with Gasteiger partial charge in [0.15, 0.2) is 0 Å². The predicted octanol–water partition coefficient (Wildman–Crippen LogP) is 2.57. The van der Waals surface area contributed by atoms with Crippen molar-refractivity contribution >= 4 is 5.97 Å². The molecular formula is C14H13NO2. The van der Waals surface area contributed by atoms with E-state index in [9.17, 15) is 4.79 Å². The van der Waals surface area contributed by atoms with Crippen LogP contribution in [0.3, 0.4) is 0 Å². The Balaban J connectivity index is 2.04. The van der Waals surface area contributed by atoms with Gasteiger partial charge in [0.25, 0.3) is 0 Å². The number of rotatable bonds is 4. The maximum Gasteiger partial charge on any atom is 0.354 e. The van der Waals surface area contributed by atoms with Crippen molar-refractivity contribution in [2.75, 3.05) is 0 Å². The first-order chi connectivity index (χ1) is 8.25. The van der Waals surface area contributed by atoms with Crippen molar-refractivity contribution in [3.8, 4) is 0 Å². The Morgan fingerprint density at radius 1 is 1.06 bits per heavy atom. The van der Waals surface area contributed by atoms with Crippen LogP contribution in [-0.4, -0.2) is 16.1 Å². The number of benzene rings is 1. The fraction of sp³-hybridized carbons (Fsp3) is 0.143. The lowest BCUT2D eigenvalue weighted by molar-refractivity contribution is 0.0690. The fourth-order valence-corrected chi connectivity index (χ4v) is 1.68. The second-order valence-electron chi connectivity index (χ2n) is 3.84. The van der Waals surface area contributed by atoms with E-state index in [1.165, 1.54) is 5.56 Å². The van der Waals surface area contributed by atoms with E-state index in [-0.39, 0.29) is 5.69 Å². The molecule has 0 fully saturated rings. The summed E-state index contributed by atoms with van der Waals surface area (Å²) < 4.78 is 0. The Hall–Kier alpha value is -2.16. The first-order valence-electron chi connectivity index (χ1n) is 5.48. The number of carboxylic acid groups (broad SMARTS) is 1. The molecule has 1 N–H and O–H groups in total. The molecule has 0 saturated heterocycles. The third-order valence-corrected chi connectivity index (χ3v) is 2.59. The van der Waals surface area contributed by atoms with Gasteiger partial charge in [0.2, 0.25) is 0 Å². The summed E-state index contributed by atoms with van der Waals surface area (Å²) in [6.07, 6.45) is 3.28. The molecule has 0 atom stereocenters. The molecule has 17 heavy (non-hydrogen) atoms. The van der Waals surface area contributed by atoms with Crippen LogP contribution in [0.1, 0.15) is 21.6 Å². The van der Waals surface area contributed by atoms with Gasteiger partial charge in [0.05, 0.1) is 0 Å². The molecule has 1 aromatic carbocycles. The van der Waals surface area contributed by atoms with Crippen molar-refractivity contribution in [3.05, 3.63) is 65.5 Å². The highest BCUT2D eigenvalue weighted by Crippen LogP contribution is 2.08. The first kappa shape index (κ1) is 11.3. The molecule has 2 rings (SSSR count). The van der Waals surface area contributed by atoms with Crippen LogP contribution in [-0.2, 0) is 12.8 Å². The number of aromatic nitrogens is 1. The fourth-order valence-electron chi connectivity index (χ4n) is 1.68. The summed E-state index contributed by atoms with van der Waals surface area (Å²) in [5.74, 6) is -0.980. The Labute approximate surface area is 99.8 Å². The van der Waals surface area contributed by atoms with Crippen LogP contribution in [0.5, 0.6) is 0 Å². The normalized spacial score (nSPS) is 10.1. The highest BCUT2D eigenvalue weighted by molar-refractivity contribution is 5.85. The summed E-state index contributed by atoms with van der Waals surface area (Å²) in [6.45, 7) is 0. The van der Waals surface area contributed by atoms with Gasteiger partial charge in [0.1, 0.15) is 5.69 Å². The summed E-state index contributed by atoms with van der Waals surface area (Å²) in [5.41, 5.74) is 2.36. The molecule has 3 nitrogen and oxygen atoms in total. The molecule has 1 heterocycles. The standard InChI is InChI=1S/C14H13NO2/c16-14(17)13-10-12(8-9-15-13)7-6-11-4-2-1-3-5-11/h1-5,8-10H,6-7H2,(H,16,17). The lowest BCUT2D eigenvalue weighted by atomic mass is 10.0. The minimum atomic E-state index is -0.980. The molecule has 0 unspecified atom stereocenters. The zero-order chi connectivity index (χ0) is 12.1. The number of hydrogen-bond acceptors (Lipinski definition) is 2. The molecule has 0 radical (unpaired) electrons. The second kappa shape index (κ2) is 5.25. The van der Waals surface area contributed by atoms with Crippen LogP contribution in [0.25, 0.3) is 0 Å². The van der Waals surface area contributed by atoms with Crippen LogP contribution >= 0.6 is 0 Å². The van der Waals surface area contributed by atoms with Gasteiger partial charge >= 0.3 is 5.97 Å². The lowest BCUT2D eigenvalue weighted by Gasteiger charge is -2.02. The van der Waals surface area contributed by atoms with Gasteiger partial charge in [-0.3, -0.25) is 0 Å². The largest absolute Gasteiger partial charge is 0.477 e. The molecule has 0 bridgehead atoms. The van der Waals surface area contributed by atoms with E-state index in [4.69, 9.17) is 5.11 Å². The van der Waals surface area contributed by atoms with Crippen molar-refractivity contribution in [2.24, 2.45) is 0 Å². The number of nitrogens with zero attached hydrogens (tertiary/aromatic N) is 1. The van der Waals surface area contributed by atoms with Crippen LogP contribution in [0.2, 0.25) is 0 Å². The third kappa shape index (κ3) is 3.14. The van der Waals surface area contributed by atoms with Gasteiger partial charge < -0.3 is 5.11 Å². The number of hydrogen-bond donors (Lipinski definition) is 1. The van der Waals surface area contributed by atoms with E-state index in [1.54, 1.807) is 12.3 Å². The summed E-state index contributed by atoms with van der Waals surface area (Å²) in [4.78, 5) is 14.6. The number of carboxylic acids is 1. The summed E-state index contributed by atoms with van der Waals surface area (Å²) in [6, 6.07) is 13.6. The molecule has 2 aromatic rings. The molecule has 0 aliphatic heterocycles. The monoisotopic (exact) mass is 227 g/mol. The van der Waals surface area contributed by atoms with Crippen molar-refractivity contribution in [3.63, 3.8) is 0 Å². The Kier molecular flexibility index (Phi) is 3.50. The Morgan fingerprint density at radius 3 is 2.47 bits per heavy atom. The number of pyridine rings is 1. The smallest absolute Gasteiger partial charge is 0.354 e. The summed E-state index contributed by atoms with van der Waals surface area (Å²) >= 11 is 0. The zero-order valence-electron chi connectivity index (χ0n) is 9.34. The van der Waals surface area contributed by atoms with Gasteiger partial charge in [-0.1, -0.05) is 30.3 Å². The summed E-state index contributed by atoms with van der Waals surface area (Å²) in [7, 11) is 0. The van der Waals surface area contributed by atoms with Gasteiger partial charge in [-0.05, 0) is 36.1 Å². The molecule has 3 heteroatoms. The molecule has 0 saturated carbocycles. The second-order valence-corrected chi connectivity index (χ2v) is 3.84. The van der Waals surface area contributed by atoms with Crippen LogP contribution in [0, 0.1) is 0 Å². The topological polar surface area (TPSA) is 50.2 Å². The van der Waals surface area contributed by atoms with Gasteiger partial charge in [-0.25, -0.2) is 9.78 Å². The molecule has 86 valence electrons. The van der Waals surface area contributed by atoms with Crippen molar-refractivity contribution < 1.29 is 9.90 Å². The minimum absolute atomic E-state index is 0.107. The average molecular weight is 227 g/mol. The first-order valence-corrected chi connectivity index (χ1v) is 5.48. The molecular weight excluding hydrogens is 214 g/mol. The van der Waals surface area contributed by atoms with Gasteiger partial charge in [-0.2, -0.15) is 0 Å². The average Bonchev–Trinajstić information content (AvgIpc) is 2.38. The quantitative estimate of drug-likeness (QED) is 0.873. The molecule has 1 aromatic heterocycles. The van der Waals surface area contributed by atoms with Crippen molar-refractivity contribution in [2.45, 2.75) is 12.8 Å².